The third-order valence-electron chi connectivity index (χ3n) is 3.59. The summed E-state index contributed by atoms with van der Waals surface area (Å²) >= 11 is 1.53. The maximum Gasteiger partial charge on any atom is 0.226 e. The number of rotatable bonds is 6. The molecule has 0 aliphatic heterocycles. The van der Waals surface area contributed by atoms with E-state index in [2.05, 4.69) is 15.3 Å². The normalized spacial score (nSPS) is 14.3. The van der Waals surface area contributed by atoms with Gasteiger partial charge in [0.15, 0.2) is 0 Å². The second-order valence-corrected chi connectivity index (χ2v) is 6.17. The molecule has 0 radical (unpaired) electrons. The Morgan fingerprint density at radius 1 is 1.43 bits per heavy atom. The highest BCUT2D eigenvalue weighted by Gasteiger charge is 2.31. The molecule has 3 rings (SSSR count). The Bertz CT molecular complexity index is 619. The fraction of sp³-hybridized carbons (Fsp3) is 0.400. The average Bonchev–Trinajstić information content (AvgIpc) is 3.25. The van der Waals surface area contributed by atoms with E-state index >= 15 is 0 Å². The van der Waals surface area contributed by atoms with E-state index in [9.17, 15) is 4.79 Å². The number of hydrogen-bond donors (Lipinski definition) is 2. The number of hydrogen-bond acceptors (Lipinski definition) is 5. The summed E-state index contributed by atoms with van der Waals surface area (Å²) in [5, 5.41) is 5.83. The maximum absolute atomic E-state index is 12.0. The van der Waals surface area contributed by atoms with Crippen molar-refractivity contribution in [2.45, 2.75) is 25.3 Å². The standard InChI is InChI=1S/C15H18N4OS.2ClH/c16-7-13(10-3-4-10)19-14(20)6-12-9-21-15(18-12)11-2-1-5-17-8-11;;/h1-2,5,8-10,13H,3-4,6-7,16H2,(H,19,20);2*1H. The summed E-state index contributed by atoms with van der Waals surface area (Å²) < 4.78 is 0. The van der Waals surface area contributed by atoms with Crippen molar-refractivity contribution in [2.24, 2.45) is 11.7 Å². The summed E-state index contributed by atoms with van der Waals surface area (Å²) in [6, 6.07) is 3.96. The van der Waals surface area contributed by atoms with Crippen molar-refractivity contribution in [1.82, 2.24) is 15.3 Å². The lowest BCUT2D eigenvalue weighted by atomic mass is 10.2. The third kappa shape index (κ3) is 5.42. The van der Waals surface area contributed by atoms with Crippen LogP contribution in [0.25, 0.3) is 10.6 Å². The predicted octanol–water partition coefficient (Wildman–Crippen LogP) is 2.44. The van der Waals surface area contributed by atoms with Crippen LogP contribution in [-0.4, -0.2) is 28.5 Å². The summed E-state index contributed by atoms with van der Waals surface area (Å²) in [5.74, 6) is 0.570. The van der Waals surface area contributed by atoms with Gasteiger partial charge in [0.05, 0.1) is 12.1 Å². The number of pyridine rings is 1. The first kappa shape index (κ1) is 19.8. The van der Waals surface area contributed by atoms with Gasteiger partial charge in [0.2, 0.25) is 5.91 Å². The van der Waals surface area contributed by atoms with Crippen molar-refractivity contribution in [3.8, 4) is 10.6 Å². The zero-order valence-electron chi connectivity index (χ0n) is 12.5. The molecule has 1 aliphatic carbocycles. The van der Waals surface area contributed by atoms with Gasteiger partial charge in [-0.05, 0) is 30.9 Å². The summed E-state index contributed by atoms with van der Waals surface area (Å²) in [6.45, 7) is 0.508. The van der Waals surface area contributed by atoms with Crippen LogP contribution in [0.1, 0.15) is 18.5 Å². The van der Waals surface area contributed by atoms with Crippen molar-refractivity contribution in [3.05, 3.63) is 35.6 Å². The molecule has 1 aliphatic rings. The molecule has 0 saturated heterocycles. The van der Waals surface area contributed by atoms with E-state index in [0.29, 0.717) is 18.9 Å². The van der Waals surface area contributed by atoms with Crippen LogP contribution in [0, 0.1) is 5.92 Å². The van der Waals surface area contributed by atoms with Crippen molar-refractivity contribution in [2.75, 3.05) is 6.54 Å². The Balaban J connectivity index is 0.00000132. The Hall–Kier alpha value is -1.21. The van der Waals surface area contributed by atoms with E-state index < -0.39 is 0 Å². The van der Waals surface area contributed by atoms with Gasteiger partial charge in [0.1, 0.15) is 5.01 Å². The van der Waals surface area contributed by atoms with Crippen LogP contribution in [0.4, 0.5) is 0 Å². The summed E-state index contributed by atoms with van der Waals surface area (Å²) in [6.07, 6.45) is 6.16. The van der Waals surface area contributed by atoms with E-state index in [-0.39, 0.29) is 36.8 Å². The van der Waals surface area contributed by atoms with Crippen LogP contribution in [0.5, 0.6) is 0 Å². The van der Waals surface area contributed by atoms with E-state index in [1.165, 1.54) is 24.2 Å². The zero-order chi connectivity index (χ0) is 14.7. The molecule has 3 N–H and O–H groups in total. The molecule has 1 amide bonds. The number of nitrogens with zero attached hydrogens (tertiary/aromatic N) is 2. The van der Waals surface area contributed by atoms with E-state index in [0.717, 1.165) is 16.3 Å². The van der Waals surface area contributed by atoms with Crippen molar-refractivity contribution < 1.29 is 4.79 Å². The van der Waals surface area contributed by atoms with E-state index in [1.807, 2.05) is 17.5 Å². The highest BCUT2D eigenvalue weighted by Crippen LogP contribution is 2.32. The SMILES string of the molecule is Cl.Cl.NCC(NC(=O)Cc1csc(-c2cccnc2)n1)C1CC1. The largest absolute Gasteiger partial charge is 0.351 e. The molecule has 1 unspecified atom stereocenters. The minimum Gasteiger partial charge on any atom is -0.351 e. The third-order valence-corrected chi connectivity index (χ3v) is 4.53. The molecule has 2 aromatic rings. The number of thiazole rings is 1. The molecule has 1 saturated carbocycles. The maximum atomic E-state index is 12.0. The molecule has 0 bridgehead atoms. The lowest BCUT2D eigenvalue weighted by Gasteiger charge is -2.15. The monoisotopic (exact) mass is 374 g/mol. The summed E-state index contributed by atoms with van der Waals surface area (Å²) in [7, 11) is 0. The van der Waals surface area contributed by atoms with Crippen LogP contribution in [0.3, 0.4) is 0 Å². The second-order valence-electron chi connectivity index (χ2n) is 5.31. The van der Waals surface area contributed by atoms with Crippen LogP contribution in [0.15, 0.2) is 29.9 Å². The Kier molecular flexibility index (Phi) is 7.91. The molecule has 5 nitrogen and oxygen atoms in total. The Morgan fingerprint density at radius 3 is 2.83 bits per heavy atom. The number of aromatic nitrogens is 2. The number of halogens is 2. The van der Waals surface area contributed by atoms with Crippen LogP contribution in [0.2, 0.25) is 0 Å². The highest BCUT2D eigenvalue weighted by atomic mass is 35.5. The molecule has 2 aromatic heterocycles. The molecule has 23 heavy (non-hydrogen) atoms. The molecule has 1 atom stereocenters. The smallest absolute Gasteiger partial charge is 0.226 e. The van der Waals surface area contributed by atoms with Gasteiger partial charge in [-0.3, -0.25) is 9.78 Å². The van der Waals surface area contributed by atoms with Gasteiger partial charge in [0.25, 0.3) is 0 Å². The minimum absolute atomic E-state index is 0. The Morgan fingerprint density at radius 2 is 2.22 bits per heavy atom. The molecular weight excluding hydrogens is 355 g/mol. The van der Waals surface area contributed by atoms with Gasteiger partial charge in [-0.1, -0.05) is 0 Å². The van der Waals surface area contributed by atoms with E-state index in [1.54, 1.807) is 12.4 Å². The molecule has 0 spiro atoms. The van der Waals surface area contributed by atoms with Gasteiger partial charge in [-0.15, -0.1) is 36.2 Å². The van der Waals surface area contributed by atoms with Crippen LogP contribution in [-0.2, 0) is 11.2 Å². The fourth-order valence-corrected chi connectivity index (χ4v) is 3.11. The minimum atomic E-state index is 0. The van der Waals surface area contributed by atoms with Gasteiger partial charge >= 0.3 is 0 Å². The lowest BCUT2D eigenvalue weighted by molar-refractivity contribution is -0.121. The molecule has 2 heterocycles. The first-order valence-corrected chi connectivity index (χ1v) is 7.98. The zero-order valence-corrected chi connectivity index (χ0v) is 14.9. The van der Waals surface area contributed by atoms with Gasteiger partial charge in [0, 0.05) is 35.9 Å². The first-order valence-electron chi connectivity index (χ1n) is 7.10. The van der Waals surface area contributed by atoms with Crippen LogP contribution >= 0.6 is 36.2 Å². The highest BCUT2D eigenvalue weighted by molar-refractivity contribution is 7.13. The fourth-order valence-electron chi connectivity index (χ4n) is 2.30. The predicted molar refractivity (Wildman–Crippen MR) is 97.3 cm³/mol. The topological polar surface area (TPSA) is 80.9 Å². The molecular formula is C15H20Cl2N4OS. The van der Waals surface area contributed by atoms with Crippen LogP contribution < -0.4 is 11.1 Å². The van der Waals surface area contributed by atoms with Gasteiger partial charge < -0.3 is 11.1 Å². The number of nitrogens with two attached hydrogens (primary N) is 1. The van der Waals surface area contributed by atoms with Crippen molar-refractivity contribution >= 4 is 42.1 Å². The summed E-state index contributed by atoms with van der Waals surface area (Å²) in [5.41, 5.74) is 7.47. The van der Waals surface area contributed by atoms with Gasteiger partial charge in [-0.25, -0.2) is 4.98 Å². The summed E-state index contributed by atoms with van der Waals surface area (Å²) in [4.78, 5) is 20.6. The second kappa shape index (κ2) is 9.17. The van der Waals surface area contributed by atoms with E-state index in [4.69, 9.17) is 5.73 Å². The van der Waals surface area contributed by atoms with Crippen molar-refractivity contribution in [1.29, 1.82) is 0 Å². The molecule has 0 aromatic carbocycles. The van der Waals surface area contributed by atoms with Gasteiger partial charge in [-0.2, -0.15) is 0 Å². The number of carbonyl (C=O) groups excluding carboxylic acids is 1. The quantitative estimate of drug-likeness (QED) is 0.813. The first-order chi connectivity index (χ1) is 10.3. The van der Waals surface area contributed by atoms with Crippen molar-refractivity contribution in [3.63, 3.8) is 0 Å². The lowest BCUT2D eigenvalue weighted by Crippen LogP contribution is -2.42. The molecule has 1 fully saturated rings. The number of carbonyl (C=O) groups is 1. The Labute approximate surface area is 151 Å². The molecule has 126 valence electrons. The number of nitrogens with one attached hydrogen (secondary N) is 1. The number of amides is 1. The average molecular weight is 375 g/mol. The molecule has 8 heteroatoms.